The molecule has 0 saturated heterocycles. The molecule has 3 rings (SSSR count). The van der Waals surface area contributed by atoms with Crippen LogP contribution in [-0.2, 0) is 17.6 Å². The molecular weight excluding hydrogens is 398 g/mol. The van der Waals surface area contributed by atoms with Gasteiger partial charge in [0.05, 0.1) is 6.04 Å². The quantitative estimate of drug-likeness (QED) is 0.451. The van der Waals surface area contributed by atoms with Crippen molar-refractivity contribution in [3.63, 3.8) is 0 Å². The molecule has 0 aliphatic carbocycles. The van der Waals surface area contributed by atoms with Crippen molar-refractivity contribution in [2.45, 2.75) is 45.3 Å². The van der Waals surface area contributed by atoms with Crippen LogP contribution in [0.2, 0.25) is 0 Å². The fraction of sp³-hybridized carbons (Fsp3) is 0.321. The maximum Gasteiger partial charge on any atom is 0.408 e. The van der Waals surface area contributed by atoms with Crippen LogP contribution >= 0.6 is 0 Å². The third-order valence-electron chi connectivity index (χ3n) is 5.16. The van der Waals surface area contributed by atoms with Crippen LogP contribution in [0.4, 0.5) is 4.79 Å². The van der Waals surface area contributed by atoms with E-state index < -0.39 is 11.7 Å². The zero-order valence-electron chi connectivity index (χ0n) is 19.1. The molecule has 1 amide bonds. The Balaban J connectivity index is 1.76. The molecule has 3 aromatic carbocycles. The average molecular weight is 432 g/mol. The summed E-state index contributed by atoms with van der Waals surface area (Å²) in [7, 11) is 0. The topological polar surface area (TPSA) is 58.6 Å². The largest absolute Gasteiger partial charge is 0.444 e. The van der Waals surface area contributed by atoms with Crippen LogP contribution in [0.5, 0.6) is 0 Å². The molecule has 0 aromatic heterocycles. The van der Waals surface area contributed by atoms with Crippen molar-refractivity contribution in [1.29, 1.82) is 0 Å². The average Bonchev–Trinajstić information content (AvgIpc) is 2.75. The van der Waals surface area contributed by atoms with Crippen LogP contribution in [-0.4, -0.2) is 29.4 Å². The highest BCUT2D eigenvalue weighted by molar-refractivity contribution is 5.83. The molecule has 0 saturated carbocycles. The minimum Gasteiger partial charge on any atom is -0.444 e. The van der Waals surface area contributed by atoms with Gasteiger partial charge in [-0.1, -0.05) is 84.9 Å². The third kappa shape index (κ3) is 7.54. The zero-order chi connectivity index (χ0) is 23.0. The summed E-state index contributed by atoms with van der Waals surface area (Å²) in [4.78, 5) is 12.5. The predicted octanol–water partition coefficient (Wildman–Crippen LogP) is 5.68. The van der Waals surface area contributed by atoms with Crippen molar-refractivity contribution in [2.24, 2.45) is 5.92 Å². The van der Waals surface area contributed by atoms with Crippen LogP contribution in [0.3, 0.4) is 0 Å². The summed E-state index contributed by atoms with van der Waals surface area (Å²) in [5.74, 6) is -0.0306. The predicted molar refractivity (Wildman–Crippen MR) is 131 cm³/mol. The molecule has 0 aliphatic rings. The van der Waals surface area contributed by atoms with E-state index >= 15 is 0 Å². The van der Waals surface area contributed by atoms with Gasteiger partial charge in [0, 0.05) is 12.5 Å². The minimum atomic E-state index is -0.567. The van der Waals surface area contributed by atoms with Crippen molar-refractivity contribution >= 4 is 16.9 Å². The Morgan fingerprint density at radius 3 is 2.28 bits per heavy atom. The number of aliphatic hydroxyl groups excluding tert-OH is 1. The monoisotopic (exact) mass is 431 g/mol. The van der Waals surface area contributed by atoms with E-state index in [0.717, 1.165) is 12.0 Å². The lowest BCUT2D eigenvalue weighted by Gasteiger charge is -2.23. The summed E-state index contributed by atoms with van der Waals surface area (Å²) < 4.78 is 5.47. The number of hydrogen-bond donors (Lipinski definition) is 2. The minimum absolute atomic E-state index is 0.0306. The second-order valence-electron chi connectivity index (χ2n) is 9.16. The van der Waals surface area contributed by atoms with Gasteiger partial charge in [0.25, 0.3) is 0 Å². The molecule has 0 radical (unpaired) electrons. The molecule has 0 bridgehead atoms. The standard InChI is InChI=1S/C28H33NO3/c1-28(2,3)32-27(31)29-26(16-14-23(20-30)17-21-9-5-4-6-10-21)19-22-13-15-24-11-7-8-12-25(24)18-22/h4-16,18,23,26,30H,17,19-20H2,1-3H3,(H,29,31)/t23?,26-/m0/s1. The first-order valence-corrected chi connectivity index (χ1v) is 11.1. The molecule has 0 aliphatic heterocycles. The number of nitrogens with one attached hydrogen (secondary N) is 1. The number of rotatable bonds is 8. The molecule has 0 fully saturated rings. The number of benzene rings is 3. The SMILES string of the molecule is CC(C)(C)OC(=O)N[C@@H](C=CC(CO)Cc1ccccc1)Cc1ccc2ccccc2c1. The smallest absolute Gasteiger partial charge is 0.408 e. The summed E-state index contributed by atoms with van der Waals surface area (Å²) >= 11 is 0. The zero-order valence-corrected chi connectivity index (χ0v) is 19.1. The van der Waals surface area contributed by atoms with Gasteiger partial charge in [-0.05, 0) is 55.5 Å². The van der Waals surface area contributed by atoms with Gasteiger partial charge in [0.1, 0.15) is 5.60 Å². The van der Waals surface area contributed by atoms with Crippen LogP contribution in [0.1, 0.15) is 31.9 Å². The van der Waals surface area contributed by atoms with Gasteiger partial charge in [0.2, 0.25) is 0 Å². The van der Waals surface area contributed by atoms with Gasteiger partial charge >= 0.3 is 6.09 Å². The van der Waals surface area contributed by atoms with E-state index in [-0.39, 0.29) is 18.6 Å². The first kappa shape index (κ1) is 23.6. The number of carbonyl (C=O) groups is 1. The van der Waals surface area contributed by atoms with Gasteiger partial charge in [-0.15, -0.1) is 0 Å². The fourth-order valence-corrected chi connectivity index (χ4v) is 3.65. The second-order valence-corrected chi connectivity index (χ2v) is 9.16. The van der Waals surface area contributed by atoms with Gasteiger partial charge in [-0.2, -0.15) is 0 Å². The molecule has 4 nitrogen and oxygen atoms in total. The molecule has 4 heteroatoms. The van der Waals surface area contributed by atoms with Gasteiger partial charge < -0.3 is 15.2 Å². The van der Waals surface area contributed by atoms with Gasteiger partial charge in [-0.25, -0.2) is 4.79 Å². The Bertz CT molecular complexity index is 1040. The molecule has 2 atom stereocenters. The van der Waals surface area contributed by atoms with Crippen molar-refractivity contribution in [3.8, 4) is 0 Å². The van der Waals surface area contributed by atoms with Crippen LogP contribution in [0.25, 0.3) is 10.8 Å². The Morgan fingerprint density at radius 2 is 1.59 bits per heavy atom. The van der Waals surface area contributed by atoms with Crippen LogP contribution < -0.4 is 5.32 Å². The highest BCUT2D eigenvalue weighted by Gasteiger charge is 2.19. The Hall–Kier alpha value is -3.11. The lowest BCUT2D eigenvalue weighted by atomic mass is 9.97. The third-order valence-corrected chi connectivity index (χ3v) is 5.16. The number of alkyl carbamates (subject to hydrolysis) is 1. The number of ether oxygens (including phenoxy) is 1. The fourth-order valence-electron chi connectivity index (χ4n) is 3.65. The first-order chi connectivity index (χ1) is 15.3. The highest BCUT2D eigenvalue weighted by Crippen LogP contribution is 2.18. The van der Waals surface area contributed by atoms with E-state index in [1.807, 2.05) is 63.3 Å². The number of aliphatic hydroxyl groups is 1. The molecule has 32 heavy (non-hydrogen) atoms. The molecule has 1 unspecified atom stereocenters. The Kier molecular flexibility index (Phi) is 8.07. The van der Waals surface area contributed by atoms with Crippen molar-refractivity contribution in [1.82, 2.24) is 5.32 Å². The molecule has 0 heterocycles. The highest BCUT2D eigenvalue weighted by atomic mass is 16.6. The van der Waals surface area contributed by atoms with E-state index in [2.05, 4.69) is 47.8 Å². The first-order valence-electron chi connectivity index (χ1n) is 11.1. The van der Waals surface area contributed by atoms with Crippen molar-refractivity contribution < 1.29 is 14.6 Å². The van der Waals surface area contributed by atoms with Crippen molar-refractivity contribution in [3.05, 3.63) is 96.1 Å². The number of amides is 1. The number of carbonyl (C=O) groups excluding carboxylic acids is 1. The number of fused-ring (bicyclic) bond motifs is 1. The van der Waals surface area contributed by atoms with E-state index in [0.29, 0.717) is 6.42 Å². The van der Waals surface area contributed by atoms with Gasteiger partial charge in [0.15, 0.2) is 0 Å². The van der Waals surface area contributed by atoms with Gasteiger partial charge in [-0.3, -0.25) is 0 Å². The summed E-state index contributed by atoms with van der Waals surface area (Å²) in [5.41, 5.74) is 1.72. The normalized spacial score (nSPS) is 13.8. The van der Waals surface area contributed by atoms with Crippen LogP contribution in [0, 0.1) is 5.92 Å². The lowest BCUT2D eigenvalue weighted by Crippen LogP contribution is -2.39. The molecule has 0 spiro atoms. The summed E-state index contributed by atoms with van der Waals surface area (Å²) in [6, 6.07) is 24.4. The lowest BCUT2D eigenvalue weighted by molar-refractivity contribution is 0.0514. The maximum atomic E-state index is 12.5. The molecule has 168 valence electrons. The van der Waals surface area contributed by atoms with E-state index in [1.165, 1.54) is 16.3 Å². The summed E-state index contributed by atoms with van der Waals surface area (Å²) in [6.07, 6.45) is 4.89. The second kappa shape index (κ2) is 11.0. The summed E-state index contributed by atoms with van der Waals surface area (Å²) in [6.45, 7) is 5.59. The van der Waals surface area contributed by atoms with E-state index in [1.54, 1.807) is 0 Å². The Morgan fingerprint density at radius 1 is 0.906 bits per heavy atom. The Labute approximate surface area is 190 Å². The summed E-state index contributed by atoms with van der Waals surface area (Å²) in [5, 5.41) is 15.2. The maximum absolute atomic E-state index is 12.5. The van der Waals surface area contributed by atoms with E-state index in [9.17, 15) is 9.90 Å². The van der Waals surface area contributed by atoms with E-state index in [4.69, 9.17) is 4.74 Å². The number of hydrogen-bond acceptors (Lipinski definition) is 3. The molecule has 3 aromatic rings. The van der Waals surface area contributed by atoms with Crippen molar-refractivity contribution in [2.75, 3.05) is 6.61 Å². The molecular formula is C28H33NO3. The van der Waals surface area contributed by atoms with Crippen LogP contribution in [0.15, 0.2) is 84.9 Å². The molecule has 2 N–H and O–H groups in total.